The SMILES string of the molecule is CC(C)C(N)c1ccncc1C#N. The Kier molecular flexibility index (Phi) is 2.99. The first kappa shape index (κ1) is 9.69. The minimum absolute atomic E-state index is 0.0855. The minimum atomic E-state index is -0.0855. The molecule has 0 radical (unpaired) electrons. The highest BCUT2D eigenvalue weighted by Crippen LogP contribution is 2.20. The zero-order valence-electron chi connectivity index (χ0n) is 7.86. The maximum absolute atomic E-state index is 8.80. The van der Waals surface area contributed by atoms with Gasteiger partial charge in [-0.25, -0.2) is 0 Å². The third-order valence-electron chi connectivity index (χ3n) is 2.05. The maximum Gasteiger partial charge on any atom is 0.101 e. The molecule has 2 N–H and O–H groups in total. The summed E-state index contributed by atoms with van der Waals surface area (Å²) in [6.07, 6.45) is 3.22. The highest BCUT2D eigenvalue weighted by atomic mass is 14.7. The van der Waals surface area contributed by atoms with Gasteiger partial charge < -0.3 is 5.73 Å². The zero-order valence-corrected chi connectivity index (χ0v) is 7.86. The normalized spacial score (nSPS) is 12.5. The quantitative estimate of drug-likeness (QED) is 0.742. The van der Waals surface area contributed by atoms with Crippen LogP contribution < -0.4 is 5.73 Å². The van der Waals surface area contributed by atoms with Crippen molar-refractivity contribution in [2.75, 3.05) is 0 Å². The molecule has 0 aromatic carbocycles. The molecule has 1 aromatic rings. The predicted molar refractivity (Wildman–Crippen MR) is 50.7 cm³/mol. The van der Waals surface area contributed by atoms with Gasteiger partial charge in [0.2, 0.25) is 0 Å². The monoisotopic (exact) mass is 175 g/mol. The van der Waals surface area contributed by atoms with Gasteiger partial charge in [-0.15, -0.1) is 0 Å². The third-order valence-corrected chi connectivity index (χ3v) is 2.05. The molecule has 0 saturated carbocycles. The standard InChI is InChI=1S/C10H13N3/c1-7(2)10(12)9-3-4-13-6-8(9)5-11/h3-4,6-7,10H,12H2,1-2H3. The molecule has 0 aliphatic rings. The molecule has 1 atom stereocenters. The Morgan fingerprint density at radius 3 is 2.77 bits per heavy atom. The molecule has 0 bridgehead atoms. The minimum Gasteiger partial charge on any atom is -0.324 e. The number of nitriles is 1. The molecule has 1 rings (SSSR count). The first-order chi connectivity index (χ1) is 6.16. The molecule has 0 fully saturated rings. The highest BCUT2D eigenvalue weighted by molar-refractivity contribution is 5.36. The second kappa shape index (κ2) is 4.01. The van der Waals surface area contributed by atoms with Crippen molar-refractivity contribution in [2.45, 2.75) is 19.9 Å². The molecule has 13 heavy (non-hydrogen) atoms. The van der Waals surface area contributed by atoms with Crippen molar-refractivity contribution < 1.29 is 0 Å². The fourth-order valence-corrected chi connectivity index (χ4v) is 1.15. The second-order valence-electron chi connectivity index (χ2n) is 3.34. The summed E-state index contributed by atoms with van der Waals surface area (Å²) in [5.74, 6) is 0.328. The number of aromatic nitrogens is 1. The van der Waals surface area contributed by atoms with Crippen LogP contribution in [0, 0.1) is 17.2 Å². The van der Waals surface area contributed by atoms with Crippen molar-refractivity contribution in [1.82, 2.24) is 4.98 Å². The highest BCUT2D eigenvalue weighted by Gasteiger charge is 2.13. The van der Waals surface area contributed by atoms with Gasteiger partial charge in [0, 0.05) is 18.4 Å². The van der Waals surface area contributed by atoms with E-state index in [1.54, 1.807) is 12.4 Å². The zero-order chi connectivity index (χ0) is 9.84. The number of nitrogens with zero attached hydrogens (tertiary/aromatic N) is 2. The number of pyridine rings is 1. The van der Waals surface area contributed by atoms with Crippen molar-refractivity contribution in [3.05, 3.63) is 29.6 Å². The van der Waals surface area contributed by atoms with Crippen molar-refractivity contribution in [2.24, 2.45) is 11.7 Å². The topological polar surface area (TPSA) is 62.7 Å². The molecular weight excluding hydrogens is 162 g/mol. The van der Waals surface area contributed by atoms with Crippen LogP contribution in [0.25, 0.3) is 0 Å². The van der Waals surface area contributed by atoms with Crippen LogP contribution in [0.1, 0.15) is 31.0 Å². The first-order valence-corrected chi connectivity index (χ1v) is 4.26. The summed E-state index contributed by atoms with van der Waals surface area (Å²) in [6.45, 7) is 4.07. The van der Waals surface area contributed by atoms with E-state index in [0.717, 1.165) is 5.56 Å². The summed E-state index contributed by atoms with van der Waals surface area (Å²) >= 11 is 0. The third kappa shape index (κ3) is 2.04. The lowest BCUT2D eigenvalue weighted by Gasteiger charge is -2.16. The van der Waals surface area contributed by atoms with Gasteiger partial charge in [-0.1, -0.05) is 13.8 Å². The number of hydrogen-bond donors (Lipinski definition) is 1. The molecular formula is C10H13N3. The molecule has 0 amide bonds. The van der Waals surface area contributed by atoms with Crippen LogP contribution >= 0.6 is 0 Å². The van der Waals surface area contributed by atoms with E-state index in [4.69, 9.17) is 11.0 Å². The Labute approximate surface area is 78.2 Å². The van der Waals surface area contributed by atoms with Gasteiger partial charge in [-0.3, -0.25) is 4.98 Å². The van der Waals surface area contributed by atoms with Crippen LogP contribution in [0.2, 0.25) is 0 Å². The van der Waals surface area contributed by atoms with Crippen molar-refractivity contribution in [1.29, 1.82) is 5.26 Å². The lowest BCUT2D eigenvalue weighted by Crippen LogP contribution is -2.17. The Hall–Kier alpha value is -1.40. The van der Waals surface area contributed by atoms with Gasteiger partial charge in [0.1, 0.15) is 6.07 Å². The molecule has 1 heterocycles. The van der Waals surface area contributed by atoms with Gasteiger partial charge in [0.05, 0.1) is 5.56 Å². The summed E-state index contributed by atoms with van der Waals surface area (Å²) in [7, 11) is 0. The fourth-order valence-electron chi connectivity index (χ4n) is 1.15. The van der Waals surface area contributed by atoms with Gasteiger partial charge >= 0.3 is 0 Å². The molecule has 3 heteroatoms. The van der Waals surface area contributed by atoms with E-state index in [2.05, 4.69) is 11.1 Å². The van der Waals surface area contributed by atoms with Gasteiger partial charge in [0.25, 0.3) is 0 Å². The smallest absolute Gasteiger partial charge is 0.101 e. The first-order valence-electron chi connectivity index (χ1n) is 4.26. The van der Waals surface area contributed by atoms with E-state index >= 15 is 0 Å². The molecule has 0 aliphatic heterocycles. The lowest BCUT2D eigenvalue weighted by molar-refractivity contribution is 0.513. The fraction of sp³-hybridized carbons (Fsp3) is 0.400. The molecule has 1 unspecified atom stereocenters. The molecule has 68 valence electrons. The van der Waals surface area contributed by atoms with Crippen LogP contribution in [-0.4, -0.2) is 4.98 Å². The largest absolute Gasteiger partial charge is 0.324 e. The number of nitrogens with two attached hydrogens (primary N) is 1. The van der Waals surface area contributed by atoms with Crippen LogP contribution in [0.5, 0.6) is 0 Å². The lowest BCUT2D eigenvalue weighted by atomic mass is 9.95. The van der Waals surface area contributed by atoms with Gasteiger partial charge in [-0.05, 0) is 17.5 Å². The maximum atomic E-state index is 8.80. The molecule has 0 saturated heterocycles. The van der Waals surface area contributed by atoms with Crippen molar-refractivity contribution in [3.8, 4) is 6.07 Å². The average Bonchev–Trinajstić information content (AvgIpc) is 2.16. The van der Waals surface area contributed by atoms with E-state index in [1.165, 1.54) is 0 Å². The van der Waals surface area contributed by atoms with Crippen LogP contribution in [0.15, 0.2) is 18.5 Å². The summed E-state index contributed by atoms with van der Waals surface area (Å²) in [5.41, 5.74) is 7.39. The van der Waals surface area contributed by atoms with E-state index in [1.807, 2.05) is 19.9 Å². The Balaban J connectivity index is 3.07. The molecule has 3 nitrogen and oxygen atoms in total. The van der Waals surface area contributed by atoms with Crippen molar-refractivity contribution in [3.63, 3.8) is 0 Å². The molecule has 0 spiro atoms. The van der Waals surface area contributed by atoms with Crippen LogP contribution in [0.3, 0.4) is 0 Å². The summed E-state index contributed by atoms with van der Waals surface area (Å²) < 4.78 is 0. The Morgan fingerprint density at radius 2 is 2.23 bits per heavy atom. The molecule has 0 aliphatic carbocycles. The van der Waals surface area contributed by atoms with Gasteiger partial charge in [0.15, 0.2) is 0 Å². The van der Waals surface area contributed by atoms with E-state index < -0.39 is 0 Å². The number of rotatable bonds is 2. The Morgan fingerprint density at radius 1 is 1.54 bits per heavy atom. The average molecular weight is 175 g/mol. The Bertz CT molecular complexity index is 325. The van der Waals surface area contributed by atoms with Crippen LogP contribution in [-0.2, 0) is 0 Å². The summed E-state index contributed by atoms with van der Waals surface area (Å²) in [5, 5.41) is 8.80. The second-order valence-corrected chi connectivity index (χ2v) is 3.34. The molecule has 1 aromatic heterocycles. The predicted octanol–water partition coefficient (Wildman–Crippen LogP) is 1.61. The van der Waals surface area contributed by atoms with E-state index in [-0.39, 0.29) is 6.04 Å². The summed E-state index contributed by atoms with van der Waals surface area (Å²) in [4.78, 5) is 3.88. The number of hydrogen-bond acceptors (Lipinski definition) is 3. The van der Waals surface area contributed by atoms with E-state index in [0.29, 0.717) is 11.5 Å². The van der Waals surface area contributed by atoms with Gasteiger partial charge in [-0.2, -0.15) is 5.26 Å². The van der Waals surface area contributed by atoms with Crippen LogP contribution in [0.4, 0.5) is 0 Å². The van der Waals surface area contributed by atoms with Crippen molar-refractivity contribution >= 4 is 0 Å². The summed E-state index contributed by atoms with van der Waals surface area (Å²) in [6, 6.07) is 3.81. The van der Waals surface area contributed by atoms with E-state index in [9.17, 15) is 0 Å².